The van der Waals surface area contributed by atoms with Crippen LogP contribution in [0.15, 0.2) is 36.7 Å². The van der Waals surface area contributed by atoms with Crippen molar-refractivity contribution in [3.8, 4) is 0 Å². The Bertz CT molecular complexity index is 756. The van der Waals surface area contributed by atoms with Crippen molar-refractivity contribution in [2.75, 3.05) is 31.1 Å². The molecular formula is C17H18N4O3. The molecule has 0 radical (unpaired) electrons. The first kappa shape index (κ1) is 15.9. The van der Waals surface area contributed by atoms with Gasteiger partial charge in [-0.15, -0.1) is 0 Å². The van der Waals surface area contributed by atoms with Crippen LogP contribution in [0.25, 0.3) is 0 Å². The van der Waals surface area contributed by atoms with Gasteiger partial charge in [0, 0.05) is 44.1 Å². The van der Waals surface area contributed by atoms with Gasteiger partial charge in [-0.1, -0.05) is 0 Å². The molecule has 0 saturated carbocycles. The molecule has 1 aliphatic rings. The Labute approximate surface area is 139 Å². The molecule has 0 unspecified atom stereocenters. The molecule has 2 heterocycles. The molecule has 24 heavy (non-hydrogen) atoms. The van der Waals surface area contributed by atoms with Crippen LogP contribution < -0.4 is 4.90 Å². The molecule has 7 heteroatoms. The van der Waals surface area contributed by atoms with Gasteiger partial charge in [0.2, 0.25) is 5.95 Å². The van der Waals surface area contributed by atoms with Crippen molar-refractivity contribution >= 4 is 17.8 Å². The first-order chi connectivity index (χ1) is 11.5. The van der Waals surface area contributed by atoms with E-state index < -0.39 is 5.97 Å². The summed E-state index contributed by atoms with van der Waals surface area (Å²) < 4.78 is 0. The quantitative estimate of drug-likeness (QED) is 0.918. The summed E-state index contributed by atoms with van der Waals surface area (Å²) in [4.78, 5) is 36.0. The van der Waals surface area contributed by atoms with Crippen LogP contribution in [0.3, 0.4) is 0 Å². The van der Waals surface area contributed by atoms with Crippen LogP contribution in [0.1, 0.15) is 26.3 Å². The molecule has 7 nitrogen and oxygen atoms in total. The molecule has 1 aromatic heterocycles. The minimum absolute atomic E-state index is 0.134. The number of aromatic carboxylic acids is 1. The zero-order valence-electron chi connectivity index (χ0n) is 13.3. The first-order valence-corrected chi connectivity index (χ1v) is 7.71. The van der Waals surface area contributed by atoms with Crippen molar-refractivity contribution in [2.45, 2.75) is 6.92 Å². The SMILES string of the molecule is Cc1cc(C(=O)O)cc(C(=O)N2CCN(c3ncccn3)CC2)c1. The second kappa shape index (κ2) is 6.66. The zero-order valence-corrected chi connectivity index (χ0v) is 13.3. The third kappa shape index (κ3) is 3.34. The molecule has 0 aliphatic carbocycles. The van der Waals surface area contributed by atoms with Crippen molar-refractivity contribution in [3.63, 3.8) is 0 Å². The number of aromatic nitrogens is 2. The Morgan fingerprint density at radius 2 is 1.62 bits per heavy atom. The number of carboxylic acids is 1. The van der Waals surface area contributed by atoms with Gasteiger partial charge in [-0.25, -0.2) is 14.8 Å². The molecule has 0 atom stereocenters. The molecular weight excluding hydrogens is 308 g/mol. The number of piperazine rings is 1. The van der Waals surface area contributed by atoms with Crippen LogP contribution in [0.5, 0.6) is 0 Å². The maximum absolute atomic E-state index is 12.7. The van der Waals surface area contributed by atoms with Gasteiger partial charge in [0.05, 0.1) is 5.56 Å². The fourth-order valence-corrected chi connectivity index (χ4v) is 2.78. The van der Waals surface area contributed by atoms with Gasteiger partial charge in [-0.3, -0.25) is 4.79 Å². The number of carbonyl (C=O) groups excluding carboxylic acids is 1. The average Bonchev–Trinajstić information content (AvgIpc) is 2.61. The summed E-state index contributed by atoms with van der Waals surface area (Å²) in [5.74, 6) is -0.512. The number of nitrogens with zero attached hydrogens (tertiary/aromatic N) is 4. The third-order valence-electron chi connectivity index (χ3n) is 3.97. The van der Waals surface area contributed by atoms with Gasteiger partial charge < -0.3 is 14.9 Å². The lowest BCUT2D eigenvalue weighted by atomic mass is 10.1. The Kier molecular flexibility index (Phi) is 4.41. The van der Waals surface area contributed by atoms with E-state index >= 15 is 0 Å². The standard InChI is InChI=1S/C17H18N4O3/c1-12-9-13(11-14(10-12)16(23)24)15(22)20-5-7-21(8-6-20)17-18-3-2-4-19-17/h2-4,9-11H,5-8H2,1H3,(H,23,24). The third-order valence-corrected chi connectivity index (χ3v) is 3.97. The summed E-state index contributed by atoms with van der Waals surface area (Å²) in [6.07, 6.45) is 3.39. The smallest absolute Gasteiger partial charge is 0.335 e. The highest BCUT2D eigenvalue weighted by atomic mass is 16.4. The number of rotatable bonds is 3. The minimum Gasteiger partial charge on any atom is -0.478 e. The highest BCUT2D eigenvalue weighted by Crippen LogP contribution is 2.15. The molecule has 2 aromatic rings. The van der Waals surface area contributed by atoms with E-state index in [4.69, 9.17) is 5.11 Å². The van der Waals surface area contributed by atoms with Crippen LogP contribution in [-0.2, 0) is 0 Å². The summed E-state index contributed by atoms with van der Waals surface area (Å²) in [6, 6.07) is 6.48. The Morgan fingerprint density at radius 3 is 2.25 bits per heavy atom. The number of benzene rings is 1. The number of carbonyl (C=O) groups is 2. The number of carboxylic acid groups (broad SMARTS) is 1. The fraction of sp³-hybridized carbons (Fsp3) is 0.294. The summed E-state index contributed by atoms with van der Waals surface area (Å²) in [5, 5.41) is 9.14. The fourth-order valence-electron chi connectivity index (χ4n) is 2.78. The molecule has 1 amide bonds. The van der Waals surface area contributed by atoms with E-state index in [-0.39, 0.29) is 11.5 Å². The number of aryl methyl sites for hydroxylation is 1. The van der Waals surface area contributed by atoms with Gasteiger partial charge in [0.1, 0.15) is 0 Å². The normalized spacial score (nSPS) is 14.5. The lowest BCUT2D eigenvalue weighted by Crippen LogP contribution is -2.49. The van der Waals surface area contributed by atoms with E-state index in [9.17, 15) is 9.59 Å². The molecule has 1 N–H and O–H groups in total. The molecule has 124 valence electrons. The minimum atomic E-state index is -1.03. The lowest BCUT2D eigenvalue weighted by molar-refractivity contribution is 0.0696. The van der Waals surface area contributed by atoms with Crippen molar-refractivity contribution < 1.29 is 14.7 Å². The van der Waals surface area contributed by atoms with Crippen LogP contribution in [0.4, 0.5) is 5.95 Å². The van der Waals surface area contributed by atoms with E-state index in [1.807, 2.05) is 4.90 Å². The lowest BCUT2D eigenvalue weighted by Gasteiger charge is -2.34. The molecule has 1 aromatic carbocycles. The second-order valence-electron chi connectivity index (χ2n) is 5.72. The van der Waals surface area contributed by atoms with Crippen molar-refractivity contribution in [1.29, 1.82) is 0 Å². The van der Waals surface area contributed by atoms with Crippen molar-refractivity contribution in [3.05, 3.63) is 53.3 Å². The topological polar surface area (TPSA) is 86.6 Å². The van der Waals surface area contributed by atoms with Gasteiger partial charge >= 0.3 is 5.97 Å². The predicted molar refractivity (Wildman–Crippen MR) is 88.3 cm³/mol. The predicted octanol–water partition coefficient (Wildman–Crippen LogP) is 1.45. The Hall–Kier alpha value is -2.96. The van der Waals surface area contributed by atoms with Crippen molar-refractivity contribution in [1.82, 2.24) is 14.9 Å². The zero-order chi connectivity index (χ0) is 17.1. The molecule has 0 bridgehead atoms. The molecule has 1 saturated heterocycles. The monoisotopic (exact) mass is 326 g/mol. The van der Waals surface area contributed by atoms with Gasteiger partial charge in [-0.05, 0) is 36.8 Å². The number of hydrogen-bond donors (Lipinski definition) is 1. The maximum Gasteiger partial charge on any atom is 0.335 e. The van der Waals surface area contributed by atoms with Crippen LogP contribution in [-0.4, -0.2) is 58.0 Å². The summed E-state index contributed by atoms with van der Waals surface area (Å²) in [6.45, 7) is 4.18. The second-order valence-corrected chi connectivity index (χ2v) is 5.72. The van der Waals surface area contributed by atoms with Gasteiger partial charge in [0.25, 0.3) is 5.91 Å². The van der Waals surface area contributed by atoms with E-state index in [1.165, 1.54) is 6.07 Å². The van der Waals surface area contributed by atoms with E-state index in [0.29, 0.717) is 37.7 Å². The van der Waals surface area contributed by atoms with E-state index in [2.05, 4.69) is 9.97 Å². The van der Waals surface area contributed by atoms with Gasteiger partial charge in [-0.2, -0.15) is 0 Å². The summed E-state index contributed by atoms with van der Waals surface area (Å²) in [5.41, 5.74) is 1.31. The van der Waals surface area contributed by atoms with Crippen LogP contribution in [0.2, 0.25) is 0 Å². The molecule has 1 fully saturated rings. The van der Waals surface area contributed by atoms with Gasteiger partial charge in [0.15, 0.2) is 0 Å². The molecule has 3 rings (SSSR count). The highest BCUT2D eigenvalue weighted by molar-refractivity contribution is 5.98. The molecule has 1 aliphatic heterocycles. The Balaban J connectivity index is 1.70. The summed E-state index contributed by atoms with van der Waals surface area (Å²) >= 11 is 0. The van der Waals surface area contributed by atoms with E-state index in [0.717, 1.165) is 5.56 Å². The van der Waals surface area contributed by atoms with E-state index in [1.54, 1.807) is 42.4 Å². The summed E-state index contributed by atoms with van der Waals surface area (Å²) in [7, 11) is 0. The average molecular weight is 326 g/mol. The highest BCUT2D eigenvalue weighted by Gasteiger charge is 2.24. The largest absolute Gasteiger partial charge is 0.478 e. The van der Waals surface area contributed by atoms with Crippen molar-refractivity contribution in [2.24, 2.45) is 0 Å². The number of amides is 1. The number of hydrogen-bond acceptors (Lipinski definition) is 5. The maximum atomic E-state index is 12.7. The first-order valence-electron chi connectivity index (χ1n) is 7.71. The van der Waals surface area contributed by atoms with Crippen LogP contribution in [0, 0.1) is 6.92 Å². The Morgan fingerprint density at radius 1 is 1.00 bits per heavy atom. The van der Waals surface area contributed by atoms with Crippen LogP contribution >= 0.6 is 0 Å². The number of anilines is 1. The molecule has 0 spiro atoms.